The second-order valence-electron chi connectivity index (χ2n) is 5.56. The normalized spacial score (nSPS) is 27.0. The van der Waals surface area contributed by atoms with Gasteiger partial charge in [0, 0.05) is 19.6 Å². The van der Waals surface area contributed by atoms with Gasteiger partial charge in [0.25, 0.3) is 0 Å². The molecule has 0 aromatic heterocycles. The topological polar surface area (TPSA) is 40.5 Å². The summed E-state index contributed by atoms with van der Waals surface area (Å²) in [5.74, 6) is -3.18. The van der Waals surface area contributed by atoms with Crippen molar-refractivity contribution in [1.29, 1.82) is 0 Å². The summed E-state index contributed by atoms with van der Waals surface area (Å²) in [7, 11) is 0. The molecule has 0 spiro atoms. The van der Waals surface area contributed by atoms with Gasteiger partial charge in [0.15, 0.2) is 0 Å². The number of carbonyl (C=O) groups is 1. The molecule has 3 nitrogen and oxygen atoms in total. The molecular weight excluding hydrogens is 283 g/mol. The lowest BCUT2D eigenvalue weighted by atomic mass is 9.75. The first kappa shape index (κ1) is 15.8. The van der Waals surface area contributed by atoms with Gasteiger partial charge < -0.3 is 5.11 Å². The van der Waals surface area contributed by atoms with Crippen LogP contribution in [0.5, 0.6) is 0 Å². The van der Waals surface area contributed by atoms with E-state index in [1.165, 1.54) is 6.92 Å². The molecule has 2 rings (SSSR count). The molecule has 0 aliphatic carbocycles. The summed E-state index contributed by atoms with van der Waals surface area (Å²) in [6.45, 7) is 1.51. The van der Waals surface area contributed by atoms with Crippen LogP contribution in [0.25, 0.3) is 0 Å². The Morgan fingerprint density at radius 1 is 1.38 bits per heavy atom. The predicted molar refractivity (Wildman–Crippen MR) is 71.6 cm³/mol. The van der Waals surface area contributed by atoms with Crippen molar-refractivity contribution in [1.82, 2.24) is 4.90 Å². The number of aliphatic carboxylic acids is 1. The van der Waals surface area contributed by atoms with Gasteiger partial charge in [0.05, 0.1) is 11.3 Å². The van der Waals surface area contributed by atoms with Gasteiger partial charge in [-0.3, -0.25) is 9.69 Å². The fourth-order valence-corrected chi connectivity index (χ4v) is 3.11. The molecule has 2 atom stereocenters. The van der Waals surface area contributed by atoms with Crippen LogP contribution in [0.15, 0.2) is 30.3 Å². The minimum Gasteiger partial charge on any atom is -0.481 e. The van der Waals surface area contributed by atoms with Crippen molar-refractivity contribution in [3.8, 4) is 0 Å². The number of hydrogen-bond acceptors (Lipinski definition) is 2. The van der Waals surface area contributed by atoms with Crippen LogP contribution < -0.4 is 0 Å². The summed E-state index contributed by atoms with van der Waals surface area (Å²) in [6.07, 6.45) is -4.53. The zero-order chi connectivity index (χ0) is 15.7. The number of carboxylic acid groups (broad SMARTS) is 1. The highest BCUT2D eigenvalue weighted by Crippen LogP contribution is 2.48. The third kappa shape index (κ3) is 3.05. The highest BCUT2D eigenvalue weighted by atomic mass is 19.4. The first-order valence-electron chi connectivity index (χ1n) is 6.86. The molecule has 1 aromatic rings. The van der Waals surface area contributed by atoms with Gasteiger partial charge in [-0.2, -0.15) is 13.2 Å². The number of nitrogens with zero attached hydrogens (tertiary/aromatic N) is 1. The van der Waals surface area contributed by atoms with E-state index in [1.807, 2.05) is 30.3 Å². The third-order valence-corrected chi connectivity index (χ3v) is 4.31. The maximum absolute atomic E-state index is 13.2. The largest absolute Gasteiger partial charge is 0.481 e. The molecule has 1 aromatic carbocycles. The molecule has 1 aliphatic heterocycles. The van der Waals surface area contributed by atoms with Crippen molar-refractivity contribution in [2.75, 3.05) is 13.1 Å². The van der Waals surface area contributed by atoms with E-state index in [0.29, 0.717) is 6.54 Å². The lowest BCUT2D eigenvalue weighted by Gasteiger charge is -2.30. The van der Waals surface area contributed by atoms with Gasteiger partial charge in [-0.15, -0.1) is 0 Å². The van der Waals surface area contributed by atoms with Crippen molar-refractivity contribution in [2.45, 2.75) is 26.1 Å². The standard InChI is InChI=1S/C15H18F3NO2/c1-2-14(13(20)21)10-19(9-12(14)15(16,17)18)8-11-6-4-3-5-7-11/h3-7,12H,2,8-10H2,1H3,(H,20,21)/t12-,14-/m0/s1. The van der Waals surface area contributed by atoms with Crippen molar-refractivity contribution in [2.24, 2.45) is 11.3 Å². The lowest BCUT2D eigenvalue weighted by Crippen LogP contribution is -2.44. The third-order valence-electron chi connectivity index (χ3n) is 4.31. The number of likely N-dealkylation sites (tertiary alicyclic amines) is 1. The van der Waals surface area contributed by atoms with Gasteiger partial charge >= 0.3 is 12.1 Å². The zero-order valence-electron chi connectivity index (χ0n) is 11.7. The molecule has 21 heavy (non-hydrogen) atoms. The molecule has 0 amide bonds. The van der Waals surface area contributed by atoms with Gasteiger partial charge in [-0.1, -0.05) is 37.3 Å². The van der Waals surface area contributed by atoms with Gasteiger partial charge in [-0.25, -0.2) is 0 Å². The molecule has 1 N–H and O–H groups in total. The average Bonchev–Trinajstić information content (AvgIpc) is 2.80. The van der Waals surface area contributed by atoms with Crippen LogP contribution in [-0.4, -0.2) is 35.2 Å². The van der Waals surface area contributed by atoms with Crippen molar-refractivity contribution < 1.29 is 23.1 Å². The lowest BCUT2D eigenvalue weighted by molar-refractivity contribution is -0.204. The zero-order valence-corrected chi connectivity index (χ0v) is 11.7. The van der Waals surface area contributed by atoms with Crippen LogP contribution in [-0.2, 0) is 11.3 Å². The second kappa shape index (κ2) is 5.67. The molecule has 0 saturated carbocycles. The van der Waals surface area contributed by atoms with Crippen LogP contribution in [0.4, 0.5) is 13.2 Å². The summed E-state index contributed by atoms with van der Waals surface area (Å²) >= 11 is 0. The van der Waals surface area contributed by atoms with E-state index in [2.05, 4.69) is 0 Å². The highest BCUT2D eigenvalue weighted by molar-refractivity contribution is 5.76. The summed E-state index contributed by atoms with van der Waals surface area (Å²) in [6, 6.07) is 9.12. The number of hydrogen-bond donors (Lipinski definition) is 1. The van der Waals surface area contributed by atoms with Crippen molar-refractivity contribution in [3.63, 3.8) is 0 Å². The molecule has 0 bridgehead atoms. The summed E-state index contributed by atoms with van der Waals surface area (Å²) < 4.78 is 39.7. The Kier molecular flexibility index (Phi) is 4.27. The number of alkyl halides is 3. The molecule has 1 fully saturated rings. The maximum Gasteiger partial charge on any atom is 0.394 e. The first-order chi connectivity index (χ1) is 9.79. The molecule has 1 heterocycles. The van der Waals surface area contributed by atoms with E-state index in [1.54, 1.807) is 4.90 Å². The average molecular weight is 301 g/mol. The highest BCUT2D eigenvalue weighted by Gasteiger charge is 2.61. The number of carboxylic acids is 1. The van der Waals surface area contributed by atoms with Crippen LogP contribution >= 0.6 is 0 Å². The van der Waals surface area contributed by atoms with Crippen LogP contribution in [0.3, 0.4) is 0 Å². The molecule has 6 heteroatoms. The minimum absolute atomic E-state index is 0.0300. The predicted octanol–water partition coefficient (Wildman–Crippen LogP) is 3.16. The molecule has 1 saturated heterocycles. The summed E-state index contributed by atoms with van der Waals surface area (Å²) in [5.41, 5.74) is -0.858. The Balaban J connectivity index is 2.24. The quantitative estimate of drug-likeness (QED) is 0.928. The second-order valence-corrected chi connectivity index (χ2v) is 5.56. The Morgan fingerprint density at radius 2 is 2.00 bits per heavy atom. The maximum atomic E-state index is 13.2. The Labute approximate surface area is 121 Å². The van der Waals surface area contributed by atoms with Crippen molar-refractivity contribution in [3.05, 3.63) is 35.9 Å². The summed E-state index contributed by atoms with van der Waals surface area (Å²) in [5, 5.41) is 9.35. The fraction of sp³-hybridized carbons (Fsp3) is 0.533. The van der Waals surface area contributed by atoms with E-state index in [0.717, 1.165) is 5.56 Å². The first-order valence-corrected chi connectivity index (χ1v) is 6.86. The summed E-state index contributed by atoms with van der Waals surface area (Å²) in [4.78, 5) is 13.1. The van der Waals surface area contributed by atoms with Gasteiger partial charge in [-0.05, 0) is 12.0 Å². The molecule has 1 aliphatic rings. The monoisotopic (exact) mass is 301 g/mol. The van der Waals surface area contributed by atoms with E-state index in [-0.39, 0.29) is 19.5 Å². The number of benzene rings is 1. The van der Waals surface area contributed by atoms with Crippen LogP contribution in [0, 0.1) is 11.3 Å². The van der Waals surface area contributed by atoms with E-state index in [4.69, 9.17) is 0 Å². The smallest absolute Gasteiger partial charge is 0.394 e. The number of halogens is 3. The van der Waals surface area contributed by atoms with E-state index >= 15 is 0 Å². The van der Waals surface area contributed by atoms with E-state index in [9.17, 15) is 23.1 Å². The Hall–Kier alpha value is -1.56. The Bertz CT molecular complexity index is 503. The van der Waals surface area contributed by atoms with E-state index < -0.39 is 23.5 Å². The van der Waals surface area contributed by atoms with Crippen LogP contribution in [0.2, 0.25) is 0 Å². The number of rotatable bonds is 4. The SMILES string of the molecule is CC[C@]1(C(=O)O)CN(Cc2ccccc2)C[C@@H]1C(F)(F)F. The molecule has 0 unspecified atom stereocenters. The molecule has 0 radical (unpaired) electrons. The minimum atomic E-state index is -4.50. The fourth-order valence-electron chi connectivity index (χ4n) is 3.11. The van der Waals surface area contributed by atoms with Gasteiger partial charge in [0.2, 0.25) is 0 Å². The van der Waals surface area contributed by atoms with Gasteiger partial charge in [0.1, 0.15) is 0 Å². The molecular formula is C15H18F3NO2. The van der Waals surface area contributed by atoms with Crippen LogP contribution in [0.1, 0.15) is 18.9 Å². The molecule has 116 valence electrons. The Morgan fingerprint density at radius 3 is 2.43 bits per heavy atom. The van der Waals surface area contributed by atoms with Crippen molar-refractivity contribution >= 4 is 5.97 Å².